The summed E-state index contributed by atoms with van der Waals surface area (Å²) in [5.41, 5.74) is 0. The van der Waals surface area contributed by atoms with Crippen LogP contribution in [-0.2, 0) is 24.3 Å². The number of aliphatic hydroxyl groups excluding tert-OH is 1. The molecule has 0 aliphatic rings. The van der Waals surface area contributed by atoms with Crippen molar-refractivity contribution >= 4 is 5.78 Å². The van der Waals surface area contributed by atoms with Crippen LogP contribution in [0.4, 0.5) is 0 Å². The van der Waals surface area contributed by atoms with Gasteiger partial charge in [-0.25, -0.2) is 0 Å². The van der Waals surface area contributed by atoms with Crippen LogP contribution in [0.15, 0.2) is 37.1 Å². The molecule has 0 aromatic carbocycles. The van der Waals surface area contributed by atoms with E-state index in [0.717, 1.165) is 12.8 Å². The van der Waals surface area contributed by atoms with Gasteiger partial charge < -0.3 is 20.0 Å². The van der Waals surface area contributed by atoms with Crippen molar-refractivity contribution in [1.29, 1.82) is 0 Å². The molecule has 0 heterocycles. The van der Waals surface area contributed by atoms with E-state index in [1.54, 1.807) is 0 Å². The van der Waals surface area contributed by atoms with Crippen LogP contribution in [0, 0.1) is 14.9 Å². The van der Waals surface area contributed by atoms with E-state index in [1.165, 1.54) is 19.9 Å². The Morgan fingerprint density at radius 1 is 1.12 bits per heavy atom. The van der Waals surface area contributed by atoms with Crippen LogP contribution < -0.4 is 0 Å². The van der Waals surface area contributed by atoms with Crippen molar-refractivity contribution < 1.29 is 29.4 Å². The van der Waals surface area contributed by atoms with Gasteiger partial charge in [-0.05, 0) is 26.7 Å². The van der Waals surface area contributed by atoms with Crippen molar-refractivity contribution in [2.75, 3.05) is 0 Å². The summed E-state index contributed by atoms with van der Waals surface area (Å²) < 4.78 is 0. The Bertz CT molecular complexity index is 184. The first kappa shape index (κ1) is 36.0. The molecule has 0 unspecified atom stereocenters. The van der Waals surface area contributed by atoms with Crippen molar-refractivity contribution in [3.05, 3.63) is 52.0 Å². The van der Waals surface area contributed by atoms with Crippen LogP contribution in [-0.4, -0.2) is 10.9 Å². The predicted molar refractivity (Wildman–Crippen MR) is 76.3 cm³/mol. The second-order valence-electron chi connectivity index (χ2n) is 2.55. The van der Waals surface area contributed by atoms with Gasteiger partial charge in [-0.15, -0.1) is 13.2 Å². The van der Waals surface area contributed by atoms with Gasteiger partial charge in [0.05, 0.1) is 5.76 Å². The molecule has 3 heteroatoms. The third-order valence-corrected chi connectivity index (χ3v) is 0.987. The number of allylic oxidation sites excluding steroid dienone is 4. The normalized spacial score (nSPS) is 7.29. The standard InChI is InChI=1S/C6H10.C5H8O2.CH4.2CH3.Ru/c1-3-5-6-4-2;1-4(6)3-5(2)7;;;;/h3-4H,1-2,5-6H2;3,6H,1-2H3;1H4;2*1H3;/q;;;2*-1;+2. The van der Waals surface area contributed by atoms with Gasteiger partial charge >= 0.3 is 19.5 Å². The Balaban J connectivity index is -0.0000000290. The molecule has 0 aliphatic heterocycles. The molecule has 0 aliphatic carbocycles. The molecule has 17 heavy (non-hydrogen) atoms. The Hall–Kier alpha value is -0.687. The van der Waals surface area contributed by atoms with Crippen LogP contribution in [0.25, 0.3) is 0 Å². The number of rotatable bonds is 4. The predicted octanol–water partition coefficient (Wildman–Crippen LogP) is 4.71. The third kappa shape index (κ3) is 68.1. The first-order valence-electron chi connectivity index (χ1n) is 4.14. The van der Waals surface area contributed by atoms with Crippen molar-refractivity contribution in [1.82, 2.24) is 0 Å². The smallest absolute Gasteiger partial charge is 0.512 e. The largest absolute Gasteiger partial charge is 2.00 e. The topological polar surface area (TPSA) is 37.3 Å². The summed E-state index contributed by atoms with van der Waals surface area (Å²) in [4.78, 5) is 10.0. The quantitative estimate of drug-likeness (QED) is 0.202. The first-order chi connectivity index (χ1) is 6.04. The number of carbonyl (C=O) groups excluding carboxylic acids is 1. The average molecular weight is 329 g/mol. The molecule has 2 nitrogen and oxygen atoms in total. The summed E-state index contributed by atoms with van der Waals surface area (Å²) in [6, 6.07) is 0. The van der Waals surface area contributed by atoms with E-state index in [0.29, 0.717) is 0 Å². The fraction of sp³-hybridized carbons (Fsp3) is 0.357. The molecule has 0 aromatic rings. The number of hydrogen-bond acceptors (Lipinski definition) is 2. The number of carbonyl (C=O) groups is 1. The Morgan fingerprint density at radius 3 is 1.47 bits per heavy atom. The fourth-order valence-electron chi connectivity index (χ4n) is 0.530. The first-order valence-corrected chi connectivity index (χ1v) is 4.14. The van der Waals surface area contributed by atoms with Crippen molar-refractivity contribution in [3.63, 3.8) is 0 Å². The molecule has 0 spiro atoms. The zero-order chi connectivity index (χ0) is 10.7. The third-order valence-electron chi connectivity index (χ3n) is 0.987. The van der Waals surface area contributed by atoms with E-state index >= 15 is 0 Å². The van der Waals surface area contributed by atoms with E-state index < -0.39 is 0 Å². The second-order valence-corrected chi connectivity index (χ2v) is 2.55. The van der Waals surface area contributed by atoms with Gasteiger partial charge in [-0.1, -0.05) is 19.6 Å². The summed E-state index contributed by atoms with van der Waals surface area (Å²) in [5, 5.41) is 8.36. The summed E-state index contributed by atoms with van der Waals surface area (Å²) in [6.45, 7) is 9.95. The zero-order valence-corrected chi connectivity index (χ0v) is 12.5. The van der Waals surface area contributed by atoms with E-state index in [2.05, 4.69) is 13.2 Å². The molecular formula is C14H28O2Ru. The maximum atomic E-state index is 10.0. The van der Waals surface area contributed by atoms with Crippen molar-refractivity contribution in [3.8, 4) is 0 Å². The minimum Gasteiger partial charge on any atom is -0.512 e. The number of hydrogen-bond donors (Lipinski definition) is 1. The zero-order valence-electron chi connectivity index (χ0n) is 10.8. The van der Waals surface area contributed by atoms with Gasteiger partial charge in [0.1, 0.15) is 0 Å². The SMILES string of the molecule is C.C=CCCC=C.CC(=O)C=C(C)O.[CH3-].[CH3-].[Ru+2]. The van der Waals surface area contributed by atoms with E-state index in [4.69, 9.17) is 5.11 Å². The van der Waals surface area contributed by atoms with Gasteiger partial charge in [-0.2, -0.15) is 0 Å². The molecule has 0 saturated carbocycles. The number of ketones is 1. The van der Waals surface area contributed by atoms with Crippen LogP contribution >= 0.6 is 0 Å². The van der Waals surface area contributed by atoms with Gasteiger partial charge in [0, 0.05) is 6.08 Å². The Morgan fingerprint density at radius 2 is 1.41 bits per heavy atom. The van der Waals surface area contributed by atoms with Gasteiger partial charge in [0.25, 0.3) is 0 Å². The molecule has 0 saturated heterocycles. The van der Waals surface area contributed by atoms with Crippen molar-refractivity contribution in [2.24, 2.45) is 0 Å². The Labute approximate surface area is 121 Å². The minimum atomic E-state index is -0.125. The Kier molecular flexibility index (Phi) is 62.4. The van der Waals surface area contributed by atoms with Crippen LogP contribution in [0.2, 0.25) is 0 Å². The summed E-state index contributed by atoms with van der Waals surface area (Å²) >= 11 is 0. The van der Waals surface area contributed by atoms with Crippen LogP contribution in [0.3, 0.4) is 0 Å². The van der Waals surface area contributed by atoms with Crippen LogP contribution in [0.1, 0.15) is 34.1 Å². The summed E-state index contributed by atoms with van der Waals surface area (Å²) in [7, 11) is 0. The minimum absolute atomic E-state index is 0. The van der Waals surface area contributed by atoms with E-state index in [9.17, 15) is 4.79 Å². The summed E-state index contributed by atoms with van der Waals surface area (Å²) in [6.07, 6.45) is 7.07. The van der Waals surface area contributed by atoms with Gasteiger partial charge in [-0.3, -0.25) is 4.79 Å². The molecule has 104 valence electrons. The van der Waals surface area contributed by atoms with E-state index in [1.807, 2.05) is 12.2 Å². The molecule has 0 bridgehead atoms. The maximum absolute atomic E-state index is 10.0. The molecule has 0 atom stereocenters. The molecule has 0 aromatic heterocycles. The maximum Gasteiger partial charge on any atom is 2.00 e. The second kappa shape index (κ2) is 29.5. The van der Waals surface area contributed by atoms with E-state index in [-0.39, 0.29) is 53.3 Å². The number of aliphatic hydroxyl groups is 1. The summed E-state index contributed by atoms with van der Waals surface area (Å²) in [5.74, 6) is -0.0625. The molecule has 0 fully saturated rings. The molecule has 0 radical (unpaired) electrons. The fourth-order valence-corrected chi connectivity index (χ4v) is 0.530. The molecular weight excluding hydrogens is 301 g/mol. The van der Waals surface area contributed by atoms with Gasteiger partial charge in [0.15, 0.2) is 5.78 Å². The monoisotopic (exact) mass is 330 g/mol. The molecule has 1 N–H and O–H groups in total. The molecule has 0 amide bonds. The number of unbranched alkanes of at least 4 members (excludes halogenated alkanes) is 1. The van der Waals surface area contributed by atoms with Gasteiger partial charge in [0.2, 0.25) is 0 Å². The average Bonchev–Trinajstić information content (AvgIpc) is 1.99. The molecule has 0 rings (SSSR count). The van der Waals surface area contributed by atoms with Crippen molar-refractivity contribution in [2.45, 2.75) is 34.1 Å². The van der Waals surface area contributed by atoms with Crippen LogP contribution in [0.5, 0.6) is 0 Å².